The van der Waals surface area contributed by atoms with Gasteiger partial charge >= 0.3 is 0 Å². The highest BCUT2D eigenvalue weighted by Gasteiger charge is 2.29. The van der Waals surface area contributed by atoms with Crippen LogP contribution < -0.4 is 15.4 Å². The fourth-order valence-corrected chi connectivity index (χ4v) is 4.25. The standard InChI is InChI=1S/C24H30FN3O2/c1-17(27-24-14-26-16-28(24)20-8-10-21(29)11-9-20)22-13-19(25)7-12-23(22)30-15-18-5-3-2-4-6-18/h2-7,12-14,17,20-21,26-27,29H,8-11,15-16H2,1H3/t17-,20-,21+/m1/s1. The Bertz CT molecular complexity index is 866. The molecule has 30 heavy (non-hydrogen) atoms. The van der Waals surface area contributed by atoms with Crippen LogP contribution in [0.2, 0.25) is 0 Å². The maximum absolute atomic E-state index is 14.0. The number of rotatable bonds is 7. The monoisotopic (exact) mass is 411 g/mol. The molecular weight excluding hydrogens is 381 g/mol. The number of ether oxygens (including phenoxy) is 1. The Morgan fingerprint density at radius 2 is 1.93 bits per heavy atom. The van der Waals surface area contributed by atoms with Gasteiger partial charge in [-0.1, -0.05) is 30.3 Å². The molecule has 0 aromatic heterocycles. The van der Waals surface area contributed by atoms with Gasteiger partial charge in [-0.2, -0.15) is 0 Å². The summed E-state index contributed by atoms with van der Waals surface area (Å²) in [5, 5.41) is 16.6. The van der Waals surface area contributed by atoms with Gasteiger partial charge in [-0.25, -0.2) is 4.39 Å². The van der Waals surface area contributed by atoms with Gasteiger partial charge in [0, 0.05) is 17.8 Å². The number of halogens is 1. The minimum Gasteiger partial charge on any atom is -0.489 e. The van der Waals surface area contributed by atoms with Crippen molar-refractivity contribution >= 4 is 0 Å². The number of hydrogen-bond donors (Lipinski definition) is 3. The maximum atomic E-state index is 14.0. The van der Waals surface area contributed by atoms with Gasteiger partial charge < -0.3 is 25.4 Å². The molecule has 1 saturated carbocycles. The highest BCUT2D eigenvalue weighted by molar-refractivity contribution is 5.37. The van der Waals surface area contributed by atoms with Crippen molar-refractivity contribution in [2.75, 3.05) is 6.67 Å². The molecule has 1 aliphatic carbocycles. The van der Waals surface area contributed by atoms with Crippen molar-refractivity contribution < 1.29 is 14.2 Å². The summed E-state index contributed by atoms with van der Waals surface area (Å²) >= 11 is 0. The second-order valence-electron chi connectivity index (χ2n) is 8.15. The van der Waals surface area contributed by atoms with Crippen LogP contribution in [0.25, 0.3) is 0 Å². The lowest BCUT2D eigenvalue weighted by Gasteiger charge is -2.36. The molecular formula is C24H30FN3O2. The van der Waals surface area contributed by atoms with Crippen LogP contribution in [0.5, 0.6) is 5.75 Å². The van der Waals surface area contributed by atoms with Gasteiger partial charge in [-0.15, -0.1) is 0 Å². The average Bonchev–Trinajstić information content (AvgIpc) is 3.22. The predicted molar refractivity (Wildman–Crippen MR) is 115 cm³/mol. The van der Waals surface area contributed by atoms with E-state index in [-0.39, 0.29) is 18.0 Å². The Morgan fingerprint density at radius 1 is 1.17 bits per heavy atom. The van der Waals surface area contributed by atoms with Crippen LogP contribution in [0.3, 0.4) is 0 Å². The number of benzene rings is 2. The second-order valence-corrected chi connectivity index (χ2v) is 8.15. The molecule has 0 amide bonds. The van der Waals surface area contributed by atoms with E-state index in [4.69, 9.17) is 4.74 Å². The first kappa shape index (κ1) is 20.5. The zero-order valence-electron chi connectivity index (χ0n) is 17.4. The van der Waals surface area contributed by atoms with Gasteiger partial charge in [0.2, 0.25) is 0 Å². The Balaban J connectivity index is 1.44. The molecule has 160 valence electrons. The van der Waals surface area contributed by atoms with E-state index in [1.165, 1.54) is 6.07 Å². The van der Waals surface area contributed by atoms with Gasteiger partial charge in [0.1, 0.15) is 24.0 Å². The number of nitrogens with zero attached hydrogens (tertiary/aromatic N) is 1. The third-order valence-electron chi connectivity index (χ3n) is 5.96. The molecule has 2 aromatic rings. The molecule has 1 heterocycles. The largest absolute Gasteiger partial charge is 0.489 e. The van der Waals surface area contributed by atoms with Crippen LogP contribution in [0, 0.1) is 5.82 Å². The third-order valence-corrected chi connectivity index (χ3v) is 5.96. The summed E-state index contributed by atoms with van der Waals surface area (Å²) in [6.07, 6.45) is 5.43. The lowest BCUT2D eigenvalue weighted by Crippen LogP contribution is -2.42. The lowest BCUT2D eigenvalue weighted by molar-refractivity contribution is 0.0861. The molecule has 0 unspecified atom stereocenters. The summed E-state index contributed by atoms with van der Waals surface area (Å²) in [6, 6.07) is 14.9. The number of aliphatic hydroxyl groups is 1. The molecule has 1 fully saturated rings. The van der Waals surface area contributed by atoms with Crippen LogP contribution in [0.15, 0.2) is 60.6 Å². The van der Waals surface area contributed by atoms with Crippen molar-refractivity contribution in [1.82, 2.24) is 15.5 Å². The second kappa shape index (κ2) is 9.39. The minimum atomic E-state index is -0.276. The van der Waals surface area contributed by atoms with Crippen molar-refractivity contribution in [3.63, 3.8) is 0 Å². The topological polar surface area (TPSA) is 56.8 Å². The first-order valence-electron chi connectivity index (χ1n) is 10.7. The fourth-order valence-electron chi connectivity index (χ4n) is 4.25. The normalized spacial score (nSPS) is 22.2. The Kier molecular flexibility index (Phi) is 6.43. The highest BCUT2D eigenvalue weighted by Crippen LogP contribution is 2.30. The van der Waals surface area contributed by atoms with Gasteiger partial charge in [0.15, 0.2) is 0 Å². The van der Waals surface area contributed by atoms with Gasteiger partial charge in [-0.3, -0.25) is 0 Å². The molecule has 2 aliphatic rings. The molecule has 3 N–H and O–H groups in total. The molecule has 6 heteroatoms. The molecule has 4 rings (SSSR count). The van der Waals surface area contributed by atoms with Gasteiger partial charge in [0.05, 0.1) is 18.8 Å². The number of nitrogens with one attached hydrogen (secondary N) is 2. The van der Waals surface area contributed by atoms with Crippen LogP contribution in [0.1, 0.15) is 49.8 Å². The maximum Gasteiger partial charge on any atom is 0.125 e. The van der Waals surface area contributed by atoms with Crippen LogP contribution in [-0.4, -0.2) is 28.8 Å². The van der Waals surface area contributed by atoms with E-state index in [2.05, 4.69) is 15.5 Å². The molecule has 1 aliphatic heterocycles. The average molecular weight is 412 g/mol. The predicted octanol–water partition coefficient (Wildman–Crippen LogP) is 4.02. The summed E-state index contributed by atoms with van der Waals surface area (Å²) in [6.45, 7) is 3.20. The summed E-state index contributed by atoms with van der Waals surface area (Å²) in [5.41, 5.74) is 1.86. The van der Waals surface area contributed by atoms with E-state index in [0.717, 1.165) is 49.3 Å². The molecule has 0 saturated heterocycles. The van der Waals surface area contributed by atoms with Crippen molar-refractivity contribution in [2.45, 2.75) is 57.4 Å². The zero-order chi connectivity index (χ0) is 20.9. The fraction of sp³-hybridized carbons (Fsp3) is 0.417. The van der Waals surface area contributed by atoms with E-state index in [1.54, 1.807) is 12.1 Å². The Morgan fingerprint density at radius 3 is 2.70 bits per heavy atom. The van der Waals surface area contributed by atoms with Crippen LogP contribution in [0.4, 0.5) is 4.39 Å². The van der Waals surface area contributed by atoms with Gasteiger partial charge in [-0.05, 0) is 56.4 Å². The van der Waals surface area contributed by atoms with Crippen molar-refractivity contribution in [1.29, 1.82) is 0 Å². The molecule has 0 radical (unpaired) electrons. The summed E-state index contributed by atoms with van der Waals surface area (Å²) in [7, 11) is 0. The molecule has 1 atom stereocenters. The first-order chi connectivity index (χ1) is 14.6. The van der Waals surface area contributed by atoms with Crippen molar-refractivity contribution in [3.8, 4) is 5.75 Å². The first-order valence-corrected chi connectivity index (χ1v) is 10.7. The SMILES string of the molecule is C[C@@H](NC1=CNCN1[C@H]1CC[C@@H](O)CC1)c1cc(F)ccc1OCc1ccccc1. The number of aliphatic hydroxyl groups excluding tert-OH is 1. The quantitative estimate of drug-likeness (QED) is 0.643. The molecule has 2 aromatic carbocycles. The third kappa shape index (κ3) is 4.87. The van der Waals surface area contributed by atoms with Crippen molar-refractivity contribution in [3.05, 3.63) is 77.5 Å². The number of hydrogen-bond acceptors (Lipinski definition) is 5. The molecule has 0 spiro atoms. The van der Waals surface area contributed by atoms with E-state index in [1.807, 2.05) is 43.5 Å². The highest BCUT2D eigenvalue weighted by atomic mass is 19.1. The van der Waals surface area contributed by atoms with E-state index < -0.39 is 0 Å². The Hall–Kier alpha value is -2.73. The van der Waals surface area contributed by atoms with Gasteiger partial charge in [0.25, 0.3) is 0 Å². The molecule has 0 bridgehead atoms. The summed E-state index contributed by atoms with van der Waals surface area (Å²) in [5.74, 6) is 1.41. The summed E-state index contributed by atoms with van der Waals surface area (Å²) < 4.78 is 20.1. The van der Waals surface area contributed by atoms with Crippen molar-refractivity contribution in [2.24, 2.45) is 0 Å². The lowest BCUT2D eigenvalue weighted by atomic mass is 9.92. The van der Waals surface area contributed by atoms with E-state index >= 15 is 0 Å². The summed E-state index contributed by atoms with van der Waals surface area (Å²) in [4.78, 5) is 2.31. The van der Waals surface area contributed by atoms with E-state index in [9.17, 15) is 9.50 Å². The van der Waals surface area contributed by atoms with Crippen LogP contribution in [-0.2, 0) is 6.61 Å². The Labute approximate surface area is 177 Å². The molecule has 5 nitrogen and oxygen atoms in total. The van der Waals surface area contributed by atoms with E-state index in [0.29, 0.717) is 18.4 Å². The zero-order valence-corrected chi connectivity index (χ0v) is 17.4. The van der Waals surface area contributed by atoms with Crippen LogP contribution >= 0.6 is 0 Å². The minimum absolute atomic E-state index is 0.130. The smallest absolute Gasteiger partial charge is 0.125 e.